The first kappa shape index (κ1) is 17.3. The summed E-state index contributed by atoms with van der Waals surface area (Å²) in [4.78, 5) is 25.8. The maximum atomic E-state index is 12.8. The summed E-state index contributed by atoms with van der Waals surface area (Å²) in [7, 11) is 1.83. The molecule has 2 aromatic carbocycles. The summed E-state index contributed by atoms with van der Waals surface area (Å²) in [6.07, 6.45) is 0.734. The Kier molecular flexibility index (Phi) is 4.64. The van der Waals surface area contributed by atoms with Crippen molar-refractivity contribution < 1.29 is 9.59 Å². The molecule has 0 saturated carbocycles. The van der Waals surface area contributed by atoms with Crippen molar-refractivity contribution in [2.24, 2.45) is 0 Å². The molecule has 4 rings (SSSR count). The van der Waals surface area contributed by atoms with Gasteiger partial charge in [-0.25, -0.2) is 0 Å². The molecule has 136 valence electrons. The summed E-state index contributed by atoms with van der Waals surface area (Å²) in [5.74, 6) is -0.270. The number of carbonyl (C=O) groups is 2. The van der Waals surface area contributed by atoms with Gasteiger partial charge < -0.3 is 16.0 Å². The maximum absolute atomic E-state index is 12.8. The van der Waals surface area contributed by atoms with E-state index in [9.17, 15) is 9.59 Å². The largest absolute Gasteiger partial charge is 0.386 e. The molecule has 0 fully saturated rings. The van der Waals surface area contributed by atoms with Gasteiger partial charge in [0.05, 0.1) is 11.4 Å². The van der Waals surface area contributed by atoms with E-state index in [0.717, 1.165) is 33.8 Å². The van der Waals surface area contributed by atoms with E-state index >= 15 is 0 Å². The van der Waals surface area contributed by atoms with Crippen LogP contribution in [0, 0.1) is 0 Å². The van der Waals surface area contributed by atoms with E-state index in [1.807, 2.05) is 42.8 Å². The van der Waals surface area contributed by atoms with E-state index in [1.165, 1.54) is 0 Å². The van der Waals surface area contributed by atoms with Crippen LogP contribution in [0.25, 0.3) is 10.4 Å². The highest BCUT2D eigenvalue weighted by Crippen LogP contribution is 2.31. The highest BCUT2D eigenvalue weighted by atomic mass is 32.1. The van der Waals surface area contributed by atoms with E-state index < -0.39 is 0 Å². The molecule has 3 aromatic rings. The first-order chi connectivity index (χ1) is 13.2. The van der Waals surface area contributed by atoms with Gasteiger partial charge in [0.15, 0.2) is 0 Å². The number of benzene rings is 2. The van der Waals surface area contributed by atoms with Crippen LogP contribution in [0.2, 0.25) is 0 Å². The molecular weight excluding hydrogens is 358 g/mol. The number of carbonyl (C=O) groups excluding carboxylic acids is 2. The molecule has 0 unspecified atom stereocenters. The molecule has 1 aromatic heterocycles. The minimum atomic E-state index is -0.191. The fraction of sp³-hybridized carbons (Fsp3) is 0.143. The topological polar surface area (TPSA) is 70.2 Å². The summed E-state index contributed by atoms with van der Waals surface area (Å²) >= 11 is 1.66. The van der Waals surface area contributed by atoms with Crippen LogP contribution in [-0.4, -0.2) is 25.4 Å². The highest BCUT2D eigenvalue weighted by molar-refractivity contribution is 7.13. The highest BCUT2D eigenvalue weighted by Gasteiger charge is 2.18. The Balaban J connectivity index is 1.63. The molecular formula is C21H19N3O2S. The average molecular weight is 377 g/mol. The summed E-state index contributed by atoms with van der Waals surface area (Å²) in [6.45, 7) is 0.601. The molecule has 1 aliphatic heterocycles. The van der Waals surface area contributed by atoms with Crippen LogP contribution in [0.5, 0.6) is 0 Å². The van der Waals surface area contributed by atoms with Gasteiger partial charge in [-0.05, 0) is 59.3 Å². The Bertz CT molecular complexity index is 1010. The van der Waals surface area contributed by atoms with Crippen molar-refractivity contribution in [2.45, 2.75) is 6.42 Å². The molecule has 5 nitrogen and oxygen atoms in total. The van der Waals surface area contributed by atoms with Crippen molar-refractivity contribution in [3.63, 3.8) is 0 Å². The van der Waals surface area contributed by atoms with Crippen LogP contribution in [0.1, 0.15) is 26.3 Å². The number of nitrogens with one attached hydrogen (secondary N) is 3. The SMILES string of the molecule is CNc1ccc(-c2cccs2)cc1NC(=O)c1ccc2c(c1)CCNC2=O. The van der Waals surface area contributed by atoms with Crippen molar-refractivity contribution in [3.8, 4) is 10.4 Å². The molecule has 0 spiro atoms. The predicted molar refractivity (Wildman–Crippen MR) is 110 cm³/mol. The molecule has 0 radical (unpaired) electrons. The fourth-order valence-electron chi connectivity index (χ4n) is 3.23. The molecule has 27 heavy (non-hydrogen) atoms. The zero-order valence-corrected chi connectivity index (χ0v) is 15.7. The Morgan fingerprint density at radius 3 is 2.78 bits per heavy atom. The third-order valence-electron chi connectivity index (χ3n) is 4.63. The quantitative estimate of drug-likeness (QED) is 0.644. The van der Waals surface area contributed by atoms with Crippen LogP contribution in [0.15, 0.2) is 53.9 Å². The minimum Gasteiger partial charge on any atom is -0.386 e. The lowest BCUT2D eigenvalue weighted by Gasteiger charge is -2.17. The van der Waals surface area contributed by atoms with Gasteiger partial charge in [-0.3, -0.25) is 9.59 Å². The standard InChI is InChI=1S/C21H19N3O2S/c1-22-17-7-5-14(19-3-2-10-27-19)12-18(17)24-20(25)15-4-6-16-13(11-15)8-9-23-21(16)26/h2-7,10-12,22H,8-9H2,1H3,(H,23,26)(H,24,25). The van der Waals surface area contributed by atoms with Gasteiger partial charge in [-0.15, -0.1) is 11.3 Å². The second kappa shape index (κ2) is 7.25. The predicted octanol–water partition coefficient (Wildman–Crippen LogP) is 4.00. The van der Waals surface area contributed by atoms with E-state index in [2.05, 4.69) is 22.0 Å². The second-order valence-corrected chi connectivity index (χ2v) is 7.27. The van der Waals surface area contributed by atoms with Gasteiger partial charge in [0.1, 0.15) is 0 Å². The zero-order chi connectivity index (χ0) is 18.8. The van der Waals surface area contributed by atoms with E-state index in [1.54, 1.807) is 23.5 Å². The van der Waals surface area contributed by atoms with Crippen LogP contribution in [0.3, 0.4) is 0 Å². The van der Waals surface area contributed by atoms with E-state index in [4.69, 9.17) is 0 Å². The normalized spacial score (nSPS) is 12.9. The summed E-state index contributed by atoms with van der Waals surface area (Å²) < 4.78 is 0. The smallest absolute Gasteiger partial charge is 0.255 e. The molecule has 1 aliphatic rings. The van der Waals surface area contributed by atoms with Gasteiger partial charge in [-0.2, -0.15) is 0 Å². The Morgan fingerprint density at radius 2 is 2.00 bits per heavy atom. The molecule has 0 aliphatic carbocycles. The van der Waals surface area contributed by atoms with Crippen molar-refractivity contribution in [1.29, 1.82) is 0 Å². The van der Waals surface area contributed by atoms with Crippen LogP contribution >= 0.6 is 11.3 Å². The molecule has 0 saturated heterocycles. The summed E-state index contributed by atoms with van der Waals surface area (Å²) in [5, 5.41) is 11.0. The van der Waals surface area contributed by atoms with E-state index in [-0.39, 0.29) is 11.8 Å². The third kappa shape index (κ3) is 3.44. The molecule has 0 bridgehead atoms. The number of hydrogen-bond donors (Lipinski definition) is 3. The van der Waals surface area contributed by atoms with Gasteiger partial charge >= 0.3 is 0 Å². The minimum absolute atomic E-state index is 0.0793. The lowest BCUT2D eigenvalue weighted by Crippen LogP contribution is -2.32. The van der Waals surface area contributed by atoms with Gasteiger partial charge in [0.25, 0.3) is 11.8 Å². The van der Waals surface area contributed by atoms with Crippen LogP contribution in [-0.2, 0) is 6.42 Å². The molecule has 2 heterocycles. The number of anilines is 2. The average Bonchev–Trinajstić information content (AvgIpc) is 3.22. The zero-order valence-electron chi connectivity index (χ0n) is 14.8. The first-order valence-electron chi connectivity index (χ1n) is 8.74. The number of rotatable bonds is 4. The van der Waals surface area contributed by atoms with Gasteiger partial charge in [-0.1, -0.05) is 12.1 Å². The maximum Gasteiger partial charge on any atom is 0.255 e. The van der Waals surface area contributed by atoms with Crippen molar-refractivity contribution in [3.05, 3.63) is 70.6 Å². The molecule has 3 N–H and O–H groups in total. The Hall–Kier alpha value is -3.12. The van der Waals surface area contributed by atoms with Crippen LogP contribution in [0.4, 0.5) is 11.4 Å². The van der Waals surface area contributed by atoms with E-state index in [0.29, 0.717) is 17.7 Å². The van der Waals surface area contributed by atoms with Crippen LogP contribution < -0.4 is 16.0 Å². The second-order valence-electron chi connectivity index (χ2n) is 6.32. The Labute approximate surface area is 161 Å². The number of fused-ring (bicyclic) bond motifs is 1. The van der Waals surface area contributed by atoms with Crippen molar-refractivity contribution >= 4 is 34.5 Å². The molecule has 6 heteroatoms. The number of thiophene rings is 1. The van der Waals surface area contributed by atoms with Crippen molar-refractivity contribution in [2.75, 3.05) is 24.2 Å². The van der Waals surface area contributed by atoms with Gasteiger partial charge in [0, 0.05) is 29.6 Å². The Morgan fingerprint density at radius 1 is 1.11 bits per heavy atom. The lowest BCUT2D eigenvalue weighted by molar-refractivity contribution is 0.0944. The first-order valence-corrected chi connectivity index (χ1v) is 9.62. The molecule has 0 atom stereocenters. The third-order valence-corrected chi connectivity index (χ3v) is 5.55. The molecule has 2 amide bonds. The number of hydrogen-bond acceptors (Lipinski definition) is 4. The summed E-state index contributed by atoms with van der Waals surface area (Å²) in [6, 6.07) is 15.3. The lowest BCUT2D eigenvalue weighted by atomic mass is 9.97. The number of amides is 2. The summed E-state index contributed by atoms with van der Waals surface area (Å²) in [5.41, 5.74) is 4.74. The van der Waals surface area contributed by atoms with Crippen molar-refractivity contribution in [1.82, 2.24) is 5.32 Å². The fourth-order valence-corrected chi connectivity index (χ4v) is 3.95. The van der Waals surface area contributed by atoms with Gasteiger partial charge in [0.2, 0.25) is 0 Å². The monoisotopic (exact) mass is 377 g/mol.